The molecule has 3 aliphatic rings. The van der Waals surface area contributed by atoms with Crippen molar-refractivity contribution < 1.29 is 38.5 Å². The van der Waals surface area contributed by atoms with E-state index >= 15 is 0 Å². The van der Waals surface area contributed by atoms with Crippen LogP contribution in [0.2, 0.25) is 0 Å². The van der Waals surface area contributed by atoms with Crippen molar-refractivity contribution in [3.8, 4) is 0 Å². The number of furan rings is 2. The molecular formula is C51H61N5O8. The number of carboxylic acids is 3. The van der Waals surface area contributed by atoms with Gasteiger partial charge in [0.25, 0.3) is 0 Å². The number of hydrogen-bond acceptors (Lipinski definition) is 9. The normalized spacial score (nSPS) is 20.5. The van der Waals surface area contributed by atoms with Crippen molar-refractivity contribution in [2.45, 2.75) is 57.9 Å². The predicted molar refractivity (Wildman–Crippen MR) is 246 cm³/mol. The van der Waals surface area contributed by atoms with Gasteiger partial charge in [-0.2, -0.15) is 0 Å². The summed E-state index contributed by atoms with van der Waals surface area (Å²) in [6.07, 6.45) is 7.46. The largest absolute Gasteiger partial charge is 0.481 e. The van der Waals surface area contributed by atoms with Gasteiger partial charge in [0, 0.05) is 61.5 Å². The van der Waals surface area contributed by atoms with Gasteiger partial charge in [-0.05, 0) is 154 Å². The van der Waals surface area contributed by atoms with Crippen LogP contribution in [0.3, 0.4) is 0 Å². The van der Waals surface area contributed by atoms with E-state index in [1.165, 1.54) is 0 Å². The van der Waals surface area contributed by atoms with Crippen LogP contribution in [0.1, 0.15) is 47.5 Å². The first kappa shape index (κ1) is 43.8. The Morgan fingerprint density at radius 1 is 0.625 bits per heavy atom. The SMILES string of the molecule is O=C(O)C(Cc1ccc2ccn(CCN(CCc3cccc4oc(CC(C(=O)O)C5CCNC5)cc34)CCc3cccc4oc(CC(C(=O)O)C5CCNC5)cc34)c2c1)C1CCNC1. The first-order valence-corrected chi connectivity index (χ1v) is 23.3. The molecule has 13 heteroatoms. The fourth-order valence-electron chi connectivity index (χ4n) is 10.8. The van der Waals surface area contributed by atoms with Gasteiger partial charge in [-0.3, -0.25) is 14.4 Å². The second-order valence-corrected chi connectivity index (χ2v) is 18.5. The number of hydrogen-bond donors (Lipinski definition) is 6. The zero-order valence-corrected chi connectivity index (χ0v) is 36.5. The van der Waals surface area contributed by atoms with Crippen LogP contribution in [0.25, 0.3) is 32.8 Å². The molecule has 6 N–H and O–H groups in total. The second-order valence-electron chi connectivity index (χ2n) is 18.5. The molecule has 0 radical (unpaired) electrons. The summed E-state index contributed by atoms with van der Waals surface area (Å²) in [6.45, 7) is 7.75. The average molecular weight is 872 g/mol. The third-order valence-corrected chi connectivity index (χ3v) is 14.5. The van der Waals surface area contributed by atoms with Crippen LogP contribution in [-0.4, -0.2) is 102 Å². The first-order chi connectivity index (χ1) is 31.2. The summed E-state index contributed by atoms with van der Waals surface area (Å²) in [7, 11) is 0. The zero-order chi connectivity index (χ0) is 44.2. The molecule has 0 saturated carbocycles. The van der Waals surface area contributed by atoms with E-state index in [1.807, 2.05) is 36.4 Å². The van der Waals surface area contributed by atoms with Gasteiger partial charge in [-0.15, -0.1) is 0 Å². The second kappa shape index (κ2) is 19.7. The highest BCUT2D eigenvalue weighted by atomic mass is 16.4. The molecular weight excluding hydrogens is 811 g/mol. The maximum absolute atomic E-state index is 12.4. The van der Waals surface area contributed by atoms with Gasteiger partial charge in [0.2, 0.25) is 0 Å². The Morgan fingerprint density at radius 3 is 1.59 bits per heavy atom. The highest BCUT2D eigenvalue weighted by Gasteiger charge is 2.34. The number of carboxylic acid groups (broad SMARTS) is 3. The highest BCUT2D eigenvalue weighted by Crippen LogP contribution is 2.32. The fraction of sp³-hybridized carbons (Fsp3) is 0.471. The molecule has 6 aromatic rings. The lowest BCUT2D eigenvalue weighted by molar-refractivity contribution is -0.144. The first-order valence-electron chi connectivity index (χ1n) is 23.3. The van der Waals surface area contributed by atoms with Gasteiger partial charge in [0.05, 0.1) is 17.8 Å². The van der Waals surface area contributed by atoms with E-state index in [2.05, 4.69) is 68.0 Å². The van der Waals surface area contributed by atoms with Crippen molar-refractivity contribution in [1.29, 1.82) is 0 Å². The standard InChI is InChI=1S/C51H61N5O8/c57-49(58)43(36-9-15-52-29-36)23-32-7-8-35-14-20-56(46(35)24-32)22-21-55(18-12-33-3-1-5-47-41(33)25-39(63-47)27-44(50(59)60)37-10-16-53-30-37)19-13-34-4-2-6-48-42(34)26-40(64-48)28-45(51(61)62)38-11-17-54-31-38/h1-8,14,20,24-26,36-38,43-45,52-54H,9-13,15-19,21-23,27-31H2,(H,57,58)(H,59,60)(H,61,62). The minimum Gasteiger partial charge on any atom is -0.481 e. The molecule has 6 heterocycles. The summed E-state index contributed by atoms with van der Waals surface area (Å²) < 4.78 is 14.9. The molecule has 3 aromatic carbocycles. The van der Waals surface area contributed by atoms with E-state index in [0.29, 0.717) is 43.9 Å². The lowest BCUT2D eigenvalue weighted by Gasteiger charge is -2.23. The Hall–Kier alpha value is -5.47. The van der Waals surface area contributed by atoms with Crippen LogP contribution in [0, 0.1) is 35.5 Å². The smallest absolute Gasteiger partial charge is 0.307 e. The quantitative estimate of drug-likeness (QED) is 0.0464. The Labute approximate surface area is 373 Å². The van der Waals surface area contributed by atoms with Crippen LogP contribution >= 0.6 is 0 Å². The fourth-order valence-corrected chi connectivity index (χ4v) is 10.8. The van der Waals surface area contributed by atoms with Crippen LogP contribution in [0.5, 0.6) is 0 Å². The third kappa shape index (κ3) is 9.92. The maximum Gasteiger partial charge on any atom is 0.307 e. The van der Waals surface area contributed by atoms with Crippen molar-refractivity contribution in [2.75, 3.05) is 58.9 Å². The van der Waals surface area contributed by atoms with Gasteiger partial charge in [0.1, 0.15) is 22.7 Å². The number of fused-ring (bicyclic) bond motifs is 3. The molecule has 13 nitrogen and oxygen atoms in total. The summed E-state index contributed by atoms with van der Waals surface area (Å²) in [5, 5.41) is 43.5. The van der Waals surface area contributed by atoms with E-state index in [9.17, 15) is 29.7 Å². The molecule has 3 saturated heterocycles. The number of aliphatic carboxylic acids is 3. The van der Waals surface area contributed by atoms with Gasteiger partial charge in [0.15, 0.2) is 0 Å². The van der Waals surface area contributed by atoms with Crippen molar-refractivity contribution in [2.24, 2.45) is 35.5 Å². The molecule has 9 rings (SSSR count). The molecule has 6 unspecified atom stereocenters. The molecule has 0 spiro atoms. The average Bonchev–Trinajstić information content (AvgIpc) is 4.15. The lowest BCUT2D eigenvalue weighted by Crippen LogP contribution is -2.31. The van der Waals surface area contributed by atoms with E-state index in [-0.39, 0.29) is 17.8 Å². The minimum atomic E-state index is -0.781. The van der Waals surface area contributed by atoms with E-state index in [4.69, 9.17) is 8.83 Å². The third-order valence-electron chi connectivity index (χ3n) is 14.5. The highest BCUT2D eigenvalue weighted by molar-refractivity contribution is 5.84. The summed E-state index contributed by atoms with van der Waals surface area (Å²) in [6, 6.07) is 24.8. The van der Waals surface area contributed by atoms with E-state index in [0.717, 1.165) is 134 Å². The molecule has 3 aromatic heterocycles. The molecule has 3 fully saturated rings. The summed E-state index contributed by atoms with van der Waals surface area (Å²) in [5.41, 5.74) is 5.98. The molecule has 338 valence electrons. The van der Waals surface area contributed by atoms with Crippen molar-refractivity contribution >= 4 is 50.7 Å². The molecule has 0 aliphatic carbocycles. The van der Waals surface area contributed by atoms with Gasteiger partial charge < -0.3 is 49.6 Å². The van der Waals surface area contributed by atoms with Crippen LogP contribution < -0.4 is 16.0 Å². The Morgan fingerprint density at radius 2 is 1.12 bits per heavy atom. The summed E-state index contributed by atoms with van der Waals surface area (Å²) in [4.78, 5) is 39.5. The molecule has 64 heavy (non-hydrogen) atoms. The Balaban J connectivity index is 0.943. The van der Waals surface area contributed by atoms with E-state index < -0.39 is 35.7 Å². The van der Waals surface area contributed by atoms with Crippen LogP contribution in [0.4, 0.5) is 0 Å². The predicted octanol–water partition coefficient (Wildman–Crippen LogP) is 6.48. The number of nitrogens with one attached hydrogen (secondary N) is 3. The Bertz CT molecular complexity index is 2460. The number of benzene rings is 3. The molecule has 6 atom stereocenters. The van der Waals surface area contributed by atoms with Crippen LogP contribution in [0.15, 0.2) is 87.8 Å². The van der Waals surface area contributed by atoms with Gasteiger partial charge in [-0.1, -0.05) is 36.4 Å². The molecule has 0 amide bonds. The maximum atomic E-state index is 12.4. The van der Waals surface area contributed by atoms with Crippen molar-refractivity contribution in [1.82, 2.24) is 25.4 Å². The monoisotopic (exact) mass is 871 g/mol. The topological polar surface area (TPSA) is 182 Å². The van der Waals surface area contributed by atoms with Crippen molar-refractivity contribution in [3.63, 3.8) is 0 Å². The van der Waals surface area contributed by atoms with Crippen LogP contribution in [-0.2, 0) is 53.0 Å². The summed E-state index contributed by atoms with van der Waals surface area (Å²) in [5.74, 6) is -2.04. The molecule has 3 aliphatic heterocycles. The number of rotatable bonds is 21. The molecule has 0 bridgehead atoms. The minimum absolute atomic E-state index is 0.0782. The van der Waals surface area contributed by atoms with Gasteiger partial charge in [-0.25, -0.2) is 0 Å². The van der Waals surface area contributed by atoms with E-state index in [1.54, 1.807) is 0 Å². The lowest BCUT2D eigenvalue weighted by atomic mass is 9.86. The number of aromatic nitrogens is 1. The number of nitrogens with zero attached hydrogens (tertiary/aromatic N) is 2. The number of carbonyl (C=O) groups is 3. The van der Waals surface area contributed by atoms with Crippen molar-refractivity contribution in [3.05, 3.63) is 107 Å². The summed E-state index contributed by atoms with van der Waals surface area (Å²) >= 11 is 0. The van der Waals surface area contributed by atoms with Gasteiger partial charge >= 0.3 is 17.9 Å². The Kier molecular flexibility index (Phi) is 13.5. The zero-order valence-electron chi connectivity index (χ0n) is 36.5.